The predicted molar refractivity (Wildman–Crippen MR) is 75.2 cm³/mol. The molecule has 4 heteroatoms. The van der Waals surface area contributed by atoms with E-state index in [1.807, 2.05) is 18.2 Å². The van der Waals surface area contributed by atoms with E-state index in [4.69, 9.17) is 5.73 Å². The predicted octanol–water partition coefficient (Wildman–Crippen LogP) is 2.10. The number of thioether (sulfide) groups is 1. The van der Waals surface area contributed by atoms with E-state index in [1.54, 1.807) is 11.8 Å². The molecular formula is C13H26N2OS. The Morgan fingerprint density at radius 1 is 1.41 bits per heavy atom. The molecule has 0 aromatic rings. The van der Waals surface area contributed by atoms with Crippen molar-refractivity contribution in [2.75, 3.05) is 19.1 Å². The largest absolute Gasteiger partial charge is 0.341 e. The zero-order valence-corrected chi connectivity index (χ0v) is 12.1. The maximum atomic E-state index is 12.1. The van der Waals surface area contributed by atoms with Gasteiger partial charge < -0.3 is 10.6 Å². The van der Waals surface area contributed by atoms with Crippen molar-refractivity contribution >= 4 is 17.7 Å². The standard InChI is InChI=1S/C13H26N2OS/c1-10-4-6-11(7-5-10)15(2)13(16)12(14)8-9-17-3/h10-12H,4-9,14H2,1-3H3/t10?,11?,12-/m0/s1. The minimum absolute atomic E-state index is 0.124. The first-order valence-electron chi connectivity index (χ1n) is 6.57. The number of carbonyl (C=O) groups is 1. The highest BCUT2D eigenvalue weighted by atomic mass is 32.2. The molecule has 0 spiro atoms. The Labute approximate surface area is 109 Å². The monoisotopic (exact) mass is 258 g/mol. The third kappa shape index (κ3) is 4.51. The van der Waals surface area contributed by atoms with Crippen LogP contribution in [0.2, 0.25) is 0 Å². The summed E-state index contributed by atoms with van der Waals surface area (Å²) < 4.78 is 0. The van der Waals surface area contributed by atoms with Gasteiger partial charge in [-0.25, -0.2) is 0 Å². The van der Waals surface area contributed by atoms with Crippen LogP contribution in [0.4, 0.5) is 0 Å². The summed E-state index contributed by atoms with van der Waals surface area (Å²) >= 11 is 1.74. The Morgan fingerprint density at radius 2 is 2.00 bits per heavy atom. The smallest absolute Gasteiger partial charge is 0.239 e. The molecule has 3 nitrogen and oxygen atoms in total. The summed E-state index contributed by atoms with van der Waals surface area (Å²) in [5.74, 6) is 1.90. The van der Waals surface area contributed by atoms with Crippen molar-refractivity contribution < 1.29 is 4.79 Å². The molecule has 0 radical (unpaired) electrons. The molecule has 1 aliphatic rings. The number of hydrogen-bond donors (Lipinski definition) is 1. The normalized spacial score (nSPS) is 26.6. The van der Waals surface area contributed by atoms with Crippen molar-refractivity contribution in [3.63, 3.8) is 0 Å². The highest BCUT2D eigenvalue weighted by molar-refractivity contribution is 7.98. The summed E-state index contributed by atoms with van der Waals surface area (Å²) in [5.41, 5.74) is 5.93. The van der Waals surface area contributed by atoms with Gasteiger partial charge in [0.05, 0.1) is 6.04 Å². The van der Waals surface area contributed by atoms with E-state index in [0.717, 1.165) is 30.9 Å². The van der Waals surface area contributed by atoms with Crippen LogP contribution in [0, 0.1) is 5.92 Å². The maximum absolute atomic E-state index is 12.1. The fourth-order valence-corrected chi connectivity index (χ4v) is 2.93. The average molecular weight is 258 g/mol. The average Bonchev–Trinajstić information content (AvgIpc) is 2.35. The highest BCUT2D eigenvalue weighted by Gasteiger charge is 2.27. The van der Waals surface area contributed by atoms with Crippen LogP contribution >= 0.6 is 11.8 Å². The first kappa shape index (κ1) is 14.8. The minimum Gasteiger partial charge on any atom is -0.341 e. The summed E-state index contributed by atoms with van der Waals surface area (Å²) in [4.78, 5) is 14.0. The van der Waals surface area contributed by atoms with Gasteiger partial charge in [0.25, 0.3) is 0 Å². The van der Waals surface area contributed by atoms with Gasteiger partial charge in [0.2, 0.25) is 5.91 Å². The van der Waals surface area contributed by atoms with Gasteiger partial charge >= 0.3 is 0 Å². The molecule has 2 N–H and O–H groups in total. The van der Waals surface area contributed by atoms with E-state index in [2.05, 4.69) is 6.92 Å². The Kier molecular flexibility index (Phi) is 6.34. The Bertz CT molecular complexity index is 240. The highest BCUT2D eigenvalue weighted by Crippen LogP contribution is 2.26. The molecule has 100 valence electrons. The van der Waals surface area contributed by atoms with Gasteiger partial charge in [0, 0.05) is 13.1 Å². The second kappa shape index (κ2) is 7.27. The molecule has 0 aromatic heterocycles. The molecule has 0 aromatic carbocycles. The molecule has 0 saturated heterocycles. The third-order valence-corrected chi connectivity index (χ3v) is 4.47. The van der Waals surface area contributed by atoms with Crippen molar-refractivity contribution in [1.82, 2.24) is 4.90 Å². The van der Waals surface area contributed by atoms with Gasteiger partial charge in [-0.2, -0.15) is 11.8 Å². The van der Waals surface area contributed by atoms with Crippen LogP contribution in [0.3, 0.4) is 0 Å². The van der Waals surface area contributed by atoms with Crippen molar-refractivity contribution in [2.45, 2.75) is 51.1 Å². The summed E-state index contributed by atoms with van der Waals surface area (Å²) in [6.45, 7) is 2.29. The summed E-state index contributed by atoms with van der Waals surface area (Å²) in [6, 6.07) is 0.103. The van der Waals surface area contributed by atoms with Crippen LogP contribution in [0.15, 0.2) is 0 Å². The molecule has 0 aliphatic heterocycles. The van der Waals surface area contributed by atoms with Crippen molar-refractivity contribution in [2.24, 2.45) is 11.7 Å². The lowest BCUT2D eigenvalue weighted by Gasteiger charge is -2.34. The number of hydrogen-bond acceptors (Lipinski definition) is 3. The molecule has 0 heterocycles. The quantitative estimate of drug-likeness (QED) is 0.821. The molecule has 0 bridgehead atoms. The second-order valence-electron chi connectivity index (χ2n) is 5.25. The minimum atomic E-state index is -0.313. The first-order valence-corrected chi connectivity index (χ1v) is 7.96. The van der Waals surface area contributed by atoms with Gasteiger partial charge in [-0.15, -0.1) is 0 Å². The van der Waals surface area contributed by atoms with Crippen molar-refractivity contribution in [1.29, 1.82) is 0 Å². The first-order chi connectivity index (χ1) is 8.06. The SMILES string of the molecule is CSCC[C@H](N)C(=O)N(C)C1CCC(C)CC1. The Hall–Kier alpha value is -0.220. The number of amides is 1. The van der Waals surface area contributed by atoms with E-state index in [0.29, 0.717) is 6.04 Å². The summed E-state index contributed by atoms with van der Waals surface area (Å²) in [6.07, 6.45) is 7.58. The summed E-state index contributed by atoms with van der Waals surface area (Å²) in [5, 5.41) is 0. The van der Waals surface area contributed by atoms with Crippen LogP contribution in [0.1, 0.15) is 39.0 Å². The van der Waals surface area contributed by atoms with Crippen LogP contribution in [0.25, 0.3) is 0 Å². The molecular weight excluding hydrogens is 232 g/mol. The van der Waals surface area contributed by atoms with Crippen molar-refractivity contribution in [3.05, 3.63) is 0 Å². The van der Waals surface area contributed by atoms with Gasteiger partial charge in [-0.1, -0.05) is 6.92 Å². The number of likely N-dealkylation sites (N-methyl/N-ethyl adjacent to an activating group) is 1. The molecule has 0 unspecified atom stereocenters. The topological polar surface area (TPSA) is 46.3 Å². The Morgan fingerprint density at radius 3 is 2.53 bits per heavy atom. The summed E-state index contributed by atoms with van der Waals surface area (Å²) in [7, 11) is 1.92. The maximum Gasteiger partial charge on any atom is 0.239 e. The van der Waals surface area contributed by atoms with Crippen LogP contribution in [-0.4, -0.2) is 41.9 Å². The molecule has 1 saturated carbocycles. The molecule has 1 aliphatic carbocycles. The van der Waals surface area contributed by atoms with Gasteiger partial charge in [0.1, 0.15) is 0 Å². The third-order valence-electron chi connectivity index (χ3n) is 3.83. The number of nitrogens with zero attached hydrogens (tertiary/aromatic N) is 1. The molecule has 1 fully saturated rings. The lowest BCUT2D eigenvalue weighted by atomic mass is 9.86. The van der Waals surface area contributed by atoms with E-state index >= 15 is 0 Å². The molecule has 1 atom stereocenters. The van der Waals surface area contributed by atoms with E-state index in [9.17, 15) is 4.79 Å². The number of nitrogens with two attached hydrogens (primary N) is 1. The Balaban J connectivity index is 2.40. The van der Waals surface area contributed by atoms with Crippen LogP contribution in [-0.2, 0) is 4.79 Å². The van der Waals surface area contributed by atoms with E-state index in [1.165, 1.54) is 12.8 Å². The number of carbonyl (C=O) groups excluding carboxylic acids is 1. The second-order valence-corrected chi connectivity index (χ2v) is 6.24. The van der Waals surface area contributed by atoms with Gasteiger partial charge in [-0.05, 0) is 50.0 Å². The van der Waals surface area contributed by atoms with Crippen LogP contribution < -0.4 is 5.73 Å². The van der Waals surface area contributed by atoms with Crippen molar-refractivity contribution in [3.8, 4) is 0 Å². The molecule has 17 heavy (non-hydrogen) atoms. The van der Waals surface area contributed by atoms with Gasteiger partial charge in [-0.3, -0.25) is 4.79 Å². The molecule has 1 rings (SSSR count). The van der Waals surface area contributed by atoms with Crippen LogP contribution in [0.5, 0.6) is 0 Å². The lowest BCUT2D eigenvalue weighted by Crippen LogP contribution is -2.47. The van der Waals surface area contributed by atoms with E-state index in [-0.39, 0.29) is 11.9 Å². The van der Waals surface area contributed by atoms with E-state index < -0.39 is 0 Å². The zero-order chi connectivity index (χ0) is 12.8. The fourth-order valence-electron chi connectivity index (χ4n) is 2.44. The zero-order valence-electron chi connectivity index (χ0n) is 11.3. The fraction of sp³-hybridized carbons (Fsp3) is 0.923. The number of rotatable bonds is 5. The molecule has 1 amide bonds. The van der Waals surface area contributed by atoms with Gasteiger partial charge in [0.15, 0.2) is 0 Å². The lowest BCUT2D eigenvalue weighted by molar-refractivity contribution is -0.134.